The zero-order valence-electron chi connectivity index (χ0n) is 19.8. The van der Waals surface area contributed by atoms with E-state index in [0.29, 0.717) is 35.8 Å². The van der Waals surface area contributed by atoms with Crippen LogP contribution in [-0.4, -0.2) is 22.5 Å². The van der Waals surface area contributed by atoms with E-state index in [9.17, 15) is 40.6 Å². The molecule has 10 heteroatoms. The number of carbonyl (C=O) groups is 1. The van der Waals surface area contributed by atoms with Gasteiger partial charge in [0.2, 0.25) is 0 Å². The number of allylic oxidation sites excluding steroid dienone is 1. The highest BCUT2D eigenvalue weighted by atomic mass is 19.4. The summed E-state index contributed by atoms with van der Waals surface area (Å²) in [5.74, 6) is 3.17. The van der Waals surface area contributed by atoms with Crippen molar-refractivity contribution >= 4 is 5.97 Å². The van der Waals surface area contributed by atoms with Crippen molar-refractivity contribution in [3.05, 3.63) is 82.7 Å². The van der Waals surface area contributed by atoms with E-state index in [2.05, 4.69) is 18.4 Å². The van der Waals surface area contributed by atoms with Gasteiger partial charge in [-0.1, -0.05) is 30.6 Å². The maximum atomic E-state index is 15.0. The summed E-state index contributed by atoms with van der Waals surface area (Å²) < 4.78 is 94.6. The van der Waals surface area contributed by atoms with Gasteiger partial charge in [0.15, 0.2) is 0 Å². The molecule has 1 heterocycles. The highest BCUT2D eigenvalue weighted by molar-refractivity contribution is 5.67. The van der Waals surface area contributed by atoms with Gasteiger partial charge in [-0.05, 0) is 67.2 Å². The lowest BCUT2D eigenvalue weighted by Crippen LogP contribution is -2.40. The lowest BCUT2D eigenvalue weighted by atomic mass is 9.83. The molecule has 1 saturated heterocycles. The summed E-state index contributed by atoms with van der Waals surface area (Å²) in [5, 5.41) is 9.26. The Hall–Kier alpha value is -3.32. The molecule has 0 aliphatic carbocycles. The molecule has 3 rings (SSSR count). The molecular weight excluding hydrogens is 503 g/mol. The fourth-order valence-electron chi connectivity index (χ4n) is 4.48. The lowest BCUT2D eigenvalue weighted by molar-refractivity contribution is -0.139. The number of nitrogens with zero attached hydrogens (tertiary/aromatic N) is 1. The van der Waals surface area contributed by atoms with Gasteiger partial charge in [-0.3, -0.25) is 9.69 Å². The quantitative estimate of drug-likeness (QED) is 0.325. The fraction of sp³-hybridized carbons (Fsp3) is 0.370. The zero-order valence-corrected chi connectivity index (χ0v) is 19.8. The van der Waals surface area contributed by atoms with Crippen LogP contribution in [0.5, 0.6) is 0 Å². The second-order valence-corrected chi connectivity index (χ2v) is 9.05. The van der Waals surface area contributed by atoms with Crippen molar-refractivity contribution in [3.63, 3.8) is 0 Å². The van der Waals surface area contributed by atoms with E-state index in [4.69, 9.17) is 0 Å². The van der Waals surface area contributed by atoms with Crippen LogP contribution in [0, 0.1) is 23.6 Å². The van der Waals surface area contributed by atoms with Crippen molar-refractivity contribution < 1.29 is 40.6 Å². The Morgan fingerprint density at radius 3 is 2.22 bits per heavy atom. The fourth-order valence-corrected chi connectivity index (χ4v) is 4.48. The molecule has 3 atom stereocenters. The summed E-state index contributed by atoms with van der Waals surface area (Å²) >= 11 is 0. The van der Waals surface area contributed by atoms with Gasteiger partial charge in [0.1, 0.15) is 11.9 Å². The summed E-state index contributed by atoms with van der Waals surface area (Å²) in [6.07, 6.45) is -8.99. The summed E-state index contributed by atoms with van der Waals surface area (Å²) in [5.41, 5.74) is -1.53. The molecule has 1 aliphatic heterocycles. The molecule has 1 aliphatic rings. The largest absolute Gasteiger partial charge is 0.481 e. The van der Waals surface area contributed by atoms with Gasteiger partial charge >= 0.3 is 18.3 Å². The topological polar surface area (TPSA) is 40.5 Å². The van der Waals surface area contributed by atoms with E-state index in [1.165, 1.54) is 12.1 Å². The number of hydrogen-bond donors (Lipinski definition) is 1. The SMILES string of the molecule is C=C(C)C#C[C@H](c1cc(C(F)(F)F)ccc1F)N1CC[C@@H](CC(=O)O)C[C@H]1c1ccc(C(F)(F)F)cc1. The number of carboxylic acids is 1. The average molecular weight is 527 g/mol. The highest BCUT2D eigenvalue weighted by Crippen LogP contribution is 2.43. The Morgan fingerprint density at radius 2 is 1.68 bits per heavy atom. The van der Waals surface area contributed by atoms with Crippen molar-refractivity contribution in [2.75, 3.05) is 6.54 Å². The van der Waals surface area contributed by atoms with E-state index in [0.717, 1.165) is 12.1 Å². The van der Waals surface area contributed by atoms with Gasteiger partial charge in [0.05, 0.1) is 11.1 Å². The maximum absolute atomic E-state index is 15.0. The third-order valence-electron chi connectivity index (χ3n) is 6.21. The van der Waals surface area contributed by atoms with Gasteiger partial charge in [0.25, 0.3) is 0 Å². The van der Waals surface area contributed by atoms with Crippen LogP contribution < -0.4 is 0 Å². The number of rotatable bonds is 5. The molecule has 0 spiro atoms. The van der Waals surface area contributed by atoms with Crippen LogP contribution in [0.1, 0.15) is 60.5 Å². The number of likely N-dealkylation sites (tertiary alicyclic amines) is 1. The van der Waals surface area contributed by atoms with Crippen molar-refractivity contribution in [2.45, 2.75) is 50.6 Å². The zero-order chi connectivity index (χ0) is 27.5. The molecule has 0 saturated carbocycles. The summed E-state index contributed by atoms with van der Waals surface area (Å²) in [4.78, 5) is 12.9. The standard InChI is InChI=1S/C27H24F7NO2/c1-16(2)3-10-23(21-15-20(27(32,33)34)8-9-22(21)28)35-12-11-17(14-25(36)37)13-24(35)18-4-6-19(7-5-18)26(29,30)31/h4-9,15,17,23-24H,1,11-14H2,2H3,(H,36,37)/t17-,23-,24+/m1/s1. The first-order valence-corrected chi connectivity index (χ1v) is 11.3. The molecule has 3 nitrogen and oxygen atoms in total. The molecule has 0 amide bonds. The molecule has 1 fully saturated rings. The van der Waals surface area contributed by atoms with Crippen molar-refractivity contribution in [2.24, 2.45) is 5.92 Å². The van der Waals surface area contributed by atoms with Crippen LogP contribution in [0.25, 0.3) is 0 Å². The first kappa shape index (κ1) is 28.3. The number of benzene rings is 2. The monoisotopic (exact) mass is 527 g/mol. The Bertz CT molecular complexity index is 1210. The van der Waals surface area contributed by atoms with Crippen LogP contribution in [-0.2, 0) is 17.1 Å². The van der Waals surface area contributed by atoms with E-state index in [1.54, 1.807) is 11.8 Å². The molecule has 0 radical (unpaired) electrons. The summed E-state index contributed by atoms with van der Waals surface area (Å²) in [6.45, 7) is 5.36. The third kappa shape index (κ3) is 7.13. The molecule has 2 aromatic rings. The Balaban J connectivity index is 2.13. The Kier molecular flexibility index (Phi) is 8.38. The second kappa shape index (κ2) is 11.0. The van der Waals surface area contributed by atoms with Crippen molar-refractivity contribution in [1.29, 1.82) is 0 Å². The predicted molar refractivity (Wildman–Crippen MR) is 123 cm³/mol. The normalized spacial score (nSPS) is 19.6. The van der Waals surface area contributed by atoms with Crippen molar-refractivity contribution in [3.8, 4) is 11.8 Å². The van der Waals surface area contributed by atoms with Crippen LogP contribution in [0.4, 0.5) is 30.7 Å². The highest BCUT2D eigenvalue weighted by Gasteiger charge is 2.38. The van der Waals surface area contributed by atoms with Gasteiger partial charge in [0, 0.05) is 24.6 Å². The molecule has 0 bridgehead atoms. The number of aliphatic carboxylic acids is 1. The molecule has 0 unspecified atom stereocenters. The summed E-state index contributed by atoms with van der Waals surface area (Å²) in [7, 11) is 0. The Labute approximate surface area is 209 Å². The minimum absolute atomic E-state index is 0.134. The van der Waals surface area contributed by atoms with Gasteiger partial charge in [-0.25, -0.2) is 4.39 Å². The molecule has 0 aromatic heterocycles. The van der Waals surface area contributed by atoms with Gasteiger partial charge in [-0.15, -0.1) is 0 Å². The number of hydrogen-bond acceptors (Lipinski definition) is 2. The second-order valence-electron chi connectivity index (χ2n) is 9.05. The van der Waals surface area contributed by atoms with Crippen molar-refractivity contribution in [1.82, 2.24) is 4.90 Å². The van der Waals surface area contributed by atoms with Gasteiger partial charge in [-0.2, -0.15) is 26.3 Å². The summed E-state index contributed by atoms with van der Waals surface area (Å²) in [6, 6.07) is 4.34. The molecular formula is C27H24F7NO2. The predicted octanol–water partition coefficient (Wildman–Crippen LogP) is 7.41. The van der Waals surface area contributed by atoms with E-state index in [1.807, 2.05) is 0 Å². The van der Waals surface area contributed by atoms with Crippen LogP contribution in [0.15, 0.2) is 54.6 Å². The average Bonchev–Trinajstić information content (AvgIpc) is 2.79. The molecule has 37 heavy (non-hydrogen) atoms. The molecule has 1 N–H and O–H groups in total. The number of halogens is 7. The number of carboxylic acid groups (broad SMARTS) is 1. The molecule has 2 aromatic carbocycles. The minimum Gasteiger partial charge on any atom is -0.481 e. The smallest absolute Gasteiger partial charge is 0.416 e. The molecule has 198 valence electrons. The van der Waals surface area contributed by atoms with Crippen LogP contribution in [0.3, 0.4) is 0 Å². The minimum atomic E-state index is -4.74. The van der Waals surface area contributed by atoms with E-state index < -0.39 is 47.3 Å². The van der Waals surface area contributed by atoms with Crippen LogP contribution >= 0.6 is 0 Å². The van der Waals surface area contributed by atoms with Gasteiger partial charge < -0.3 is 5.11 Å². The first-order chi connectivity index (χ1) is 17.2. The number of piperidine rings is 1. The number of alkyl halides is 6. The third-order valence-corrected chi connectivity index (χ3v) is 6.21. The van der Waals surface area contributed by atoms with E-state index in [-0.39, 0.29) is 30.9 Å². The Morgan fingerprint density at radius 1 is 1.08 bits per heavy atom. The first-order valence-electron chi connectivity index (χ1n) is 11.3. The van der Waals surface area contributed by atoms with Crippen LogP contribution in [0.2, 0.25) is 0 Å². The maximum Gasteiger partial charge on any atom is 0.416 e. The van der Waals surface area contributed by atoms with E-state index >= 15 is 0 Å². The lowest BCUT2D eigenvalue weighted by Gasteiger charge is -2.42.